The van der Waals surface area contributed by atoms with Crippen molar-refractivity contribution in [3.8, 4) is 0 Å². The maximum atomic E-state index is 12.9. The van der Waals surface area contributed by atoms with E-state index in [0.29, 0.717) is 6.42 Å². The predicted octanol–water partition coefficient (Wildman–Crippen LogP) is 9.90. The molecule has 238 valence electrons. The molecule has 0 fully saturated rings. The number of unbranched alkanes of at least 4 members (excludes halogenated alkanes) is 15. The molecular weight excluding hydrogens is 498 g/mol. The molecule has 0 saturated heterocycles. The van der Waals surface area contributed by atoms with Crippen molar-refractivity contribution in [1.29, 1.82) is 0 Å². The summed E-state index contributed by atoms with van der Waals surface area (Å²) in [6.07, 6.45) is 25.4. The largest absolute Gasteiger partial charge is 0.462 e. The first-order valence-corrected chi connectivity index (χ1v) is 17.4. The van der Waals surface area contributed by atoms with Crippen molar-refractivity contribution in [3.63, 3.8) is 0 Å². The Morgan fingerprint density at radius 2 is 1.10 bits per heavy atom. The highest BCUT2D eigenvalue weighted by molar-refractivity contribution is 5.72. The summed E-state index contributed by atoms with van der Waals surface area (Å²) in [6.45, 7) is 9.68. The maximum absolute atomic E-state index is 12.9. The van der Waals surface area contributed by atoms with E-state index in [1.807, 2.05) is 21.0 Å². The number of carbonyl (C=O) groups excluding carboxylic acids is 2. The van der Waals surface area contributed by atoms with Gasteiger partial charge in [-0.1, -0.05) is 137 Å². The minimum atomic E-state index is -0.340. The molecule has 0 aliphatic heterocycles. The fourth-order valence-electron chi connectivity index (χ4n) is 5.27. The second-order valence-corrected chi connectivity index (χ2v) is 12.5. The Hall–Kier alpha value is -1.10. The average Bonchev–Trinajstić information content (AvgIpc) is 2.94. The van der Waals surface area contributed by atoms with E-state index in [4.69, 9.17) is 9.47 Å². The summed E-state index contributed by atoms with van der Waals surface area (Å²) >= 11 is 0. The molecule has 0 N–H and O–H groups in total. The molecule has 0 aliphatic rings. The third kappa shape index (κ3) is 23.6. The molecular formula is C35H69NO4. The number of esters is 2. The molecule has 0 saturated carbocycles. The van der Waals surface area contributed by atoms with Crippen LogP contribution in [-0.4, -0.2) is 50.2 Å². The van der Waals surface area contributed by atoms with Crippen LogP contribution in [0.1, 0.15) is 169 Å². The predicted molar refractivity (Wildman–Crippen MR) is 171 cm³/mol. The fourth-order valence-corrected chi connectivity index (χ4v) is 5.27. The fraction of sp³-hybridized carbons (Fsp3) is 0.943. The number of ether oxygens (including phenoxy) is 2. The summed E-state index contributed by atoms with van der Waals surface area (Å²) in [6, 6.07) is 0. The normalized spacial score (nSPS) is 13.8. The zero-order valence-electron chi connectivity index (χ0n) is 27.8. The summed E-state index contributed by atoms with van der Waals surface area (Å²) in [5.74, 6) is -0.210. The molecule has 3 atom stereocenters. The lowest BCUT2D eigenvalue weighted by atomic mass is 9.90. The number of nitrogens with zero attached hydrogens (tertiary/aromatic N) is 1. The van der Waals surface area contributed by atoms with E-state index in [1.165, 1.54) is 83.5 Å². The van der Waals surface area contributed by atoms with Crippen LogP contribution >= 0.6 is 0 Å². The van der Waals surface area contributed by atoms with Crippen molar-refractivity contribution in [2.75, 3.05) is 27.2 Å². The van der Waals surface area contributed by atoms with Crippen LogP contribution in [0.15, 0.2) is 0 Å². The van der Waals surface area contributed by atoms with E-state index >= 15 is 0 Å². The van der Waals surface area contributed by atoms with Gasteiger partial charge in [0, 0.05) is 6.42 Å². The van der Waals surface area contributed by atoms with Crippen molar-refractivity contribution < 1.29 is 19.1 Å². The highest BCUT2D eigenvalue weighted by Crippen LogP contribution is 2.25. The van der Waals surface area contributed by atoms with Gasteiger partial charge in [0.05, 0.1) is 5.92 Å². The zero-order chi connectivity index (χ0) is 29.8. The minimum Gasteiger partial charge on any atom is -0.462 e. The Morgan fingerprint density at radius 3 is 1.62 bits per heavy atom. The van der Waals surface area contributed by atoms with Gasteiger partial charge in [0.15, 0.2) is 0 Å². The van der Waals surface area contributed by atoms with Gasteiger partial charge in [-0.3, -0.25) is 9.59 Å². The highest BCUT2D eigenvalue weighted by Gasteiger charge is 2.28. The van der Waals surface area contributed by atoms with Gasteiger partial charge in [0.2, 0.25) is 0 Å². The van der Waals surface area contributed by atoms with Crippen molar-refractivity contribution in [3.05, 3.63) is 0 Å². The monoisotopic (exact) mass is 568 g/mol. The number of hydrogen-bond acceptors (Lipinski definition) is 5. The topological polar surface area (TPSA) is 55.8 Å². The molecule has 0 aromatic heterocycles. The molecule has 0 amide bonds. The zero-order valence-corrected chi connectivity index (χ0v) is 27.8. The van der Waals surface area contributed by atoms with Crippen LogP contribution in [0.4, 0.5) is 0 Å². The van der Waals surface area contributed by atoms with Crippen LogP contribution in [0.3, 0.4) is 0 Å². The summed E-state index contributed by atoms with van der Waals surface area (Å²) in [5.41, 5.74) is 0. The van der Waals surface area contributed by atoms with E-state index in [1.54, 1.807) is 0 Å². The molecule has 5 heteroatoms. The van der Waals surface area contributed by atoms with E-state index < -0.39 is 0 Å². The Balaban J connectivity index is 4.49. The van der Waals surface area contributed by atoms with E-state index in [2.05, 4.69) is 25.7 Å². The summed E-state index contributed by atoms with van der Waals surface area (Å²) in [7, 11) is 4.04. The van der Waals surface area contributed by atoms with Gasteiger partial charge >= 0.3 is 11.9 Å². The maximum Gasteiger partial charge on any atom is 0.309 e. The summed E-state index contributed by atoms with van der Waals surface area (Å²) in [5, 5.41) is 0. The summed E-state index contributed by atoms with van der Waals surface area (Å²) in [4.78, 5) is 27.6. The van der Waals surface area contributed by atoms with Gasteiger partial charge < -0.3 is 14.4 Å². The SMILES string of the molecule is CCCCCCCCCCCCCCCC(=O)OCC(OC(=O)C(C)CCN(C)C)C(CCCC)CCCCC. The van der Waals surface area contributed by atoms with Crippen molar-refractivity contribution in [1.82, 2.24) is 4.90 Å². The molecule has 0 heterocycles. The first-order valence-electron chi connectivity index (χ1n) is 17.4. The molecule has 3 unspecified atom stereocenters. The van der Waals surface area contributed by atoms with Crippen LogP contribution in [0.25, 0.3) is 0 Å². The lowest BCUT2D eigenvalue weighted by Gasteiger charge is -2.28. The smallest absolute Gasteiger partial charge is 0.309 e. The Bertz CT molecular complexity index is 580. The molecule has 0 aromatic carbocycles. The minimum absolute atomic E-state index is 0.146. The molecule has 0 radical (unpaired) electrons. The third-order valence-electron chi connectivity index (χ3n) is 8.20. The average molecular weight is 568 g/mol. The third-order valence-corrected chi connectivity index (χ3v) is 8.20. The standard InChI is InChI=1S/C35H69NO4/c1-7-10-13-14-15-16-17-18-19-20-21-22-24-27-34(37)39-30-33(32(25-12-9-3)26-23-11-8-2)40-35(38)31(4)28-29-36(5)6/h31-33H,7-30H2,1-6H3. The quantitative estimate of drug-likeness (QED) is 0.0665. The van der Waals surface area contributed by atoms with Gasteiger partial charge in [-0.15, -0.1) is 0 Å². The highest BCUT2D eigenvalue weighted by atomic mass is 16.6. The van der Waals surface area contributed by atoms with Gasteiger partial charge in [0.1, 0.15) is 12.7 Å². The van der Waals surface area contributed by atoms with Crippen molar-refractivity contribution in [2.24, 2.45) is 11.8 Å². The first kappa shape index (κ1) is 38.9. The van der Waals surface area contributed by atoms with Gasteiger partial charge in [-0.25, -0.2) is 0 Å². The van der Waals surface area contributed by atoms with Crippen molar-refractivity contribution in [2.45, 2.75) is 175 Å². The van der Waals surface area contributed by atoms with E-state index in [-0.39, 0.29) is 36.5 Å². The van der Waals surface area contributed by atoms with Crippen LogP contribution < -0.4 is 0 Å². The molecule has 0 spiro atoms. The second kappa shape index (κ2) is 28.0. The Kier molecular flexibility index (Phi) is 27.3. The Morgan fingerprint density at radius 1 is 0.625 bits per heavy atom. The molecule has 0 rings (SSSR count). The lowest BCUT2D eigenvalue weighted by Crippen LogP contribution is -2.35. The Labute approximate surface area is 249 Å². The van der Waals surface area contributed by atoms with Gasteiger partial charge in [-0.2, -0.15) is 0 Å². The number of hydrogen-bond donors (Lipinski definition) is 0. The van der Waals surface area contributed by atoms with Gasteiger partial charge in [0.25, 0.3) is 0 Å². The van der Waals surface area contributed by atoms with Crippen LogP contribution in [0.5, 0.6) is 0 Å². The van der Waals surface area contributed by atoms with E-state index in [9.17, 15) is 9.59 Å². The summed E-state index contributed by atoms with van der Waals surface area (Å²) < 4.78 is 11.8. The van der Waals surface area contributed by atoms with Gasteiger partial charge in [-0.05, 0) is 52.2 Å². The number of rotatable bonds is 29. The molecule has 5 nitrogen and oxygen atoms in total. The van der Waals surface area contributed by atoms with Crippen molar-refractivity contribution >= 4 is 11.9 Å². The molecule has 0 aromatic rings. The van der Waals surface area contributed by atoms with Crippen LogP contribution in [0, 0.1) is 11.8 Å². The van der Waals surface area contributed by atoms with Crippen LogP contribution in [-0.2, 0) is 19.1 Å². The second-order valence-electron chi connectivity index (χ2n) is 12.5. The van der Waals surface area contributed by atoms with Crippen LogP contribution in [0.2, 0.25) is 0 Å². The van der Waals surface area contributed by atoms with E-state index in [0.717, 1.165) is 57.9 Å². The molecule has 0 aliphatic carbocycles. The molecule has 40 heavy (non-hydrogen) atoms. The number of carbonyl (C=O) groups is 2. The molecule has 0 bridgehead atoms. The lowest BCUT2D eigenvalue weighted by molar-refractivity contribution is -0.166. The first-order chi connectivity index (χ1) is 19.3.